The molecule has 0 radical (unpaired) electrons. The summed E-state index contributed by atoms with van der Waals surface area (Å²) in [6.07, 6.45) is 4.57. The zero-order valence-corrected chi connectivity index (χ0v) is 11.6. The zero-order chi connectivity index (χ0) is 13.0. The summed E-state index contributed by atoms with van der Waals surface area (Å²) in [5.41, 5.74) is 8.43. The van der Waals surface area contributed by atoms with Gasteiger partial charge in [0.2, 0.25) is 0 Å². The summed E-state index contributed by atoms with van der Waals surface area (Å²) in [4.78, 5) is 6.53. The lowest BCUT2D eigenvalue weighted by atomic mass is 10.1. The highest BCUT2D eigenvalue weighted by molar-refractivity contribution is 7.99. The third kappa shape index (κ3) is 3.59. The molecular weight excluding hydrogens is 240 g/mol. The first-order valence-electron chi connectivity index (χ1n) is 6.08. The maximum Gasteiger partial charge on any atom is 0.0279 e. The highest BCUT2D eigenvalue weighted by Gasteiger charge is 2.04. The van der Waals surface area contributed by atoms with Crippen LogP contribution in [0.15, 0.2) is 52.5 Å². The van der Waals surface area contributed by atoms with Crippen LogP contribution in [0.25, 0.3) is 0 Å². The number of hydrogen-bond donors (Lipinski definition) is 1. The van der Waals surface area contributed by atoms with E-state index in [1.54, 1.807) is 11.8 Å². The third-order valence-corrected chi connectivity index (χ3v) is 3.86. The van der Waals surface area contributed by atoms with Gasteiger partial charge in [0, 0.05) is 28.2 Å². The van der Waals surface area contributed by atoms with E-state index in [2.05, 4.69) is 30.1 Å². The Morgan fingerprint density at radius 3 is 2.56 bits per heavy atom. The van der Waals surface area contributed by atoms with Crippen molar-refractivity contribution in [3.8, 4) is 0 Å². The summed E-state index contributed by atoms with van der Waals surface area (Å²) in [5, 5.41) is 0. The molecule has 1 aromatic carbocycles. The summed E-state index contributed by atoms with van der Waals surface area (Å²) in [7, 11) is 0. The lowest BCUT2D eigenvalue weighted by Gasteiger charge is -2.10. The Labute approximate surface area is 113 Å². The largest absolute Gasteiger partial charge is 0.328 e. The molecule has 0 spiro atoms. The zero-order valence-electron chi connectivity index (χ0n) is 10.8. The van der Waals surface area contributed by atoms with Gasteiger partial charge in [0.15, 0.2) is 0 Å². The van der Waals surface area contributed by atoms with E-state index in [9.17, 15) is 0 Å². The van der Waals surface area contributed by atoms with Crippen molar-refractivity contribution >= 4 is 11.8 Å². The van der Waals surface area contributed by atoms with Crippen molar-refractivity contribution < 1.29 is 0 Å². The van der Waals surface area contributed by atoms with Gasteiger partial charge >= 0.3 is 0 Å². The van der Waals surface area contributed by atoms with Gasteiger partial charge in [-0.2, -0.15) is 0 Å². The smallest absolute Gasteiger partial charge is 0.0279 e. The highest BCUT2D eigenvalue weighted by Crippen LogP contribution is 2.30. The fourth-order valence-electron chi connectivity index (χ4n) is 1.86. The summed E-state index contributed by atoms with van der Waals surface area (Å²) >= 11 is 1.77. The molecule has 1 unspecified atom stereocenters. The average Bonchev–Trinajstić information content (AvgIpc) is 2.33. The topological polar surface area (TPSA) is 38.9 Å². The number of aromatic nitrogens is 1. The second kappa shape index (κ2) is 6.03. The molecule has 0 saturated carbocycles. The Kier molecular flexibility index (Phi) is 4.39. The van der Waals surface area contributed by atoms with Crippen molar-refractivity contribution in [3.05, 3.63) is 53.9 Å². The maximum absolute atomic E-state index is 5.82. The minimum absolute atomic E-state index is 0.211. The number of hydrogen-bond acceptors (Lipinski definition) is 3. The molecule has 0 aliphatic rings. The minimum atomic E-state index is 0.211. The van der Waals surface area contributed by atoms with Crippen LogP contribution in [0.4, 0.5) is 0 Å². The number of benzene rings is 1. The first kappa shape index (κ1) is 13.1. The Morgan fingerprint density at radius 2 is 1.94 bits per heavy atom. The van der Waals surface area contributed by atoms with Crippen molar-refractivity contribution in [2.45, 2.75) is 36.1 Å². The van der Waals surface area contributed by atoms with Crippen LogP contribution in [0.3, 0.4) is 0 Å². The molecule has 0 saturated heterocycles. The summed E-state index contributed by atoms with van der Waals surface area (Å²) in [6, 6.07) is 10.8. The van der Waals surface area contributed by atoms with E-state index in [-0.39, 0.29) is 6.04 Å². The molecule has 1 aromatic heterocycles. The lowest BCUT2D eigenvalue weighted by molar-refractivity contribution is 0.737. The van der Waals surface area contributed by atoms with E-state index in [0.29, 0.717) is 0 Å². The average molecular weight is 258 g/mol. The Hall–Kier alpha value is -1.32. The number of nitrogens with two attached hydrogens (primary N) is 1. The van der Waals surface area contributed by atoms with Crippen molar-refractivity contribution in [1.29, 1.82) is 0 Å². The van der Waals surface area contributed by atoms with Crippen LogP contribution < -0.4 is 5.73 Å². The maximum atomic E-state index is 5.82. The Balaban J connectivity index is 2.15. The molecule has 3 heteroatoms. The predicted octanol–water partition coefficient (Wildman–Crippen LogP) is 3.43. The lowest BCUT2D eigenvalue weighted by Crippen LogP contribution is -2.17. The van der Waals surface area contributed by atoms with Crippen LogP contribution in [-0.2, 0) is 6.42 Å². The number of rotatable bonds is 4. The molecule has 2 nitrogen and oxygen atoms in total. The summed E-state index contributed by atoms with van der Waals surface area (Å²) < 4.78 is 0. The molecule has 2 rings (SSSR count). The Bertz CT molecular complexity index is 509. The highest BCUT2D eigenvalue weighted by atomic mass is 32.2. The molecule has 94 valence electrons. The van der Waals surface area contributed by atoms with Gasteiger partial charge < -0.3 is 5.73 Å². The first-order valence-corrected chi connectivity index (χ1v) is 6.90. The van der Waals surface area contributed by atoms with Gasteiger partial charge in [0.25, 0.3) is 0 Å². The number of nitrogens with zero attached hydrogens (tertiary/aromatic N) is 1. The normalized spacial score (nSPS) is 12.4. The van der Waals surface area contributed by atoms with Gasteiger partial charge in [-0.05, 0) is 49.6 Å². The molecule has 1 heterocycles. The molecule has 18 heavy (non-hydrogen) atoms. The number of pyridine rings is 1. The molecule has 0 aliphatic carbocycles. The second-order valence-corrected chi connectivity index (χ2v) is 5.68. The van der Waals surface area contributed by atoms with Crippen molar-refractivity contribution in [2.75, 3.05) is 0 Å². The summed E-state index contributed by atoms with van der Waals surface area (Å²) in [5.74, 6) is 0. The second-order valence-electron chi connectivity index (χ2n) is 4.57. The molecule has 0 aliphatic heterocycles. The van der Waals surface area contributed by atoms with Crippen LogP contribution in [0.2, 0.25) is 0 Å². The van der Waals surface area contributed by atoms with E-state index in [0.717, 1.165) is 6.42 Å². The SMILES string of the molecule is Cc1cc(CC(C)N)ccc1Sc1ccncc1. The monoisotopic (exact) mass is 258 g/mol. The van der Waals surface area contributed by atoms with Crippen LogP contribution in [0.1, 0.15) is 18.1 Å². The van der Waals surface area contributed by atoms with E-state index < -0.39 is 0 Å². The van der Waals surface area contributed by atoms with Gasteiger partial charge in [-0.15, -0.1) is 0 Å². The van der Waals surface area contributed by atoms with Gasteiger partial charge in [-0.1, -0.05) is 23.9 Å². The molecule has 2 aromatic rings. The minimum Gasteiger partial charge on any atom is -0.328 e. The first-order chi connectivity index (χ1) is 8.65. The van der Waals surface area contributed by atoms with Crippen molar-refractivity contribution in [3.63, 3.8) is 0 Å². The fourth-order valence-corrected chi connectivity index (χ4v) is 2.73. The molecule has 0 amide bonds. The van der Waals surface area contributed by atoms with Gasteiger partial charge in [-0.3, -0.25) is 4.98 Å². The van der Waals surface area contributed by atoms with E-state index in [1.165, 1.54) is 20.9 Å². The van der Waals surface area contributed by atoms with E-state index in [1.807, 2.05) is 31.5 Å². The van der Waals surface area contributed by atoms with Crippen molar-refractivity contribution in [2.24, 2.45) is 5.73 Å². The quantitative estimate of drug-likeness (QED) is 0.913. The summed E-state index contributed by atoms with van der Waals surface area (Å²) in [6.45, 7) is 4.18. The van der Waals surface area contributed by atoms with Crippen LogP contribution >= 0.6 is 11.8 Å². The predicted molar refractivity (Wildman–Crippen MR) is 76.9 cm³/mol. The van der Waals surface area contributed by atoms with Gasteiger partial charge in [0.05, 0.1) is 0 Å². The third-order valence-electron chi connectivity index (χ3n) is 2.67. The molecule has 1 atom stereocenters. The molecule has 0 bridgehead atoms. The van der Waals surface area contributed by atoms with Crippen LogP contribution in [-0.4, -0.2) is 11.0 Å². The standard InChI is InChI=1S/C15H18N2S/c1-11-9-13(10-12(2)16)3-4-15(11)18-14-5-7-17-8-6-14/h3-9,12H,10,16H2,1-2H3. The van der Waals surface area contributed by atoms with Crippen LogP contribution in [0.5, 0.6) is 0 Å². The Morgan fingerprint density at radius 1 is 1.22 bits per heavy atom. The molecule has 0 fully saturated rings. The van der Waals surface area contributed by atoms with Crippen molar-refractivity contribution in [1.82, 2.24) is 4.98 Å². The fraction of sp³-hybridized carbons (Fsp3) is 0.267. The molecule has 2 N–H and O–H groups in total. The van der Waals surface area contributed by atoms with E-state index >= 15 is 0 Å². The molecular formula is C15H18N2S. The van der Waals surface area contributed by atoms with Gasteiger partial charge in [-0.25, -0.2) is 0 Å². The van der Waals surface area contributed by atoms with Gasteiger partial charge in [0.1, 0.15) is 0 Å². The van der Waals surface area contributed by atoms with Crippen LogP contribution in [0, 0.1) is 6.92 Å². The van der Waals surface area contributed by atoms with E-state index in [4.69, 9.17) is 5.73 Å². The number of aryl methyl sites for hydroxylation is 1.